The van der Waals surface area contributed by atoms with Crippen LogP contribution in [0.25, 0.3) is 105 Å². The Morgan fingerprint density at radius 3 is 1.51 bits per heavy atom. The van der Waals surface area contributed by atoms with E-state index in [9.17, 15) is 0 Å². The van der Waals surface area contributed by atoms with Crippen molar-refractivity contribution in [2.45, 2.75) is 12.3 Å². The van der Waals surface area contributed by atoms with Gasteiger partial charge in [-0.3, -0.25) is 0 Å². The topological polar surface area (TPSA) is 9.86 Å². The maximum Gasteiger partial charge on any atom is 0.0547 e. The zero-order chi connectivity index (χ0) is 45.0. The van der Waals surface area contributed by atoms with E-state index < -0.39 is 0 Å². The summed E-state index contributed by atoms with van der Waals surface area (Å²) in [5.74, 6) is 0.355. The number of hydrogen-bond acceptors (Lipinski definition) is 0. The minimum absolute atomic E-state index is 0.355. The third-order valence-electron chi connectivity index (χ3n) is 14.1. The molecule has 1 unspecified atom stereocenters. The van der Waals surface area contributed by atoms with Crippen LogP contribution >= 0.6 is 0 Å². The molecule has 0 spiro atoms. The second-order valence-corrected chi connectivity index (χ2v) is 18.1. The fraction of sp³-hybridized carbons (Fsp3) is 0.0303. The van der Waals surface area contributed by atoms with Crippen molar-refractivity contribution in [1.82, 2.24) is 9.13 Å². The lowest BCUT2D eigenvalue weighted by molar-refractivity contribution is 0.857. The molecule has 0 saturated carbocycles. The first-order chi connectivity index (χ1) is 33.7. The predicted octanol–water partition coefficient (Wildman–Crippen LogP) is 17.7. The predicted molar refractivity (Wildman–Crippen MR) is 288 cm³/mol. The molecular weight excluding hydrogens is 821 g/mol. The Morgan fingerprint density at radius 2 is 0.779 bits per heavy atom. The van der Waals surface area contributed by atoms with Gasteiger partial charge in [0.25, 0.3) is 0 Å². The number of benzene rings is 10. The lowest BCUT2D eigenvalue weighted by Crippen LogP contribution is -1.99. The molecule has 0 bridgehead atoms. The maximum absolute atomic E-state index is 2.43. The molecule has 2 heteroatoms. The zero-order valence-electron chi connectivity index (χ0n) is 37.5. The number of allylic oxidation sites excluding steroid dienone is 4. The van der Waals surface area contributed by atoms with Gasteiger partial charge in [0.15, 0.2) is 0 Å². The van der Waals surface area contributed by atoms with Gasteiger partial charge in [-0.05, 0) is 122 Å². The van der Waals surface area contributed by atoms with Crippen LogP contribution in [-0.2, 0) is 0 Å². The number of hydrogen-bond donors (Lipinski definition) is 0. The SMILES string of the molecule is C1=CC(c2ccccc2)=CC(c2cccc(-c3ccc(-c4ccc(-n5c6ccccc6c6ccc(-c7ccc8c(c7)c7ccccc7n8-c7cccc(-c8ccccc8)c7)cc65)cc4)cc3)c2)C1. The third-order valence-corrected chi connectivity index (χ3v) is 14.1. The molecule has 68 heavy (non-hydrogen) atoms. The van der Waals surface area contributed by atoms with Gasteiger partial charge in [-0.15, -0.1) is 0 Å². The third kappa shape index (κ3) is 6.98. The number of aromatic nitrogens is 2. The van der Waals surface area contributed by atoms with Gasteiger partial charge in [-0.1, -0.05) is 206 Å². The molecular formula is C66H46N2. The van der Waals surface area contributed by atoms with Gasteiger partial charge >= 0.3 is 0 Å². The molecule has 1 aliphatic carbocycles. The summed E-state index contributed by atoms with van der Waals surface area (Å²) in [6.45, 7) is 0. The lowest BCUT2D eigenvalue weighted by Gasteiger charge is -2.18. The minimum Gasteiger partial charge on any atom is -0.309 e. The fourth-order valence-electron chi connectivity index (χ4n) is 10.7. The molecule has 0 fully saturated rings. The van der Waals surface area contributed by atoms with Crippen LogP contribution in [-0.4, -0.2) is 9.13 Å². The van der Waals surface area contributed by atoms with Crippen LogP contribution in [0.4, 0.5) is 0 Å². The molecule has 2 heterocycles. The minimum atomic E-state index is 0.355. The maximum atomic E-state index is 2.43. The second kappa shape index (κ2) is 16.6. The van der Waals surface area contributed by atoms with E-state index in [0.717, 1.165) is 17.8 Å². The van der Waals surface area contributed by atoms with Crippen LogP contribution in [0, 0.1) is 0 Å². The molecule has 0 amide bonds. The van der Waals surface area contributed by atoms with E-state index in [1.54, 1.807) is 0 Å². The largest absolute Gasteiger partial charge is 0.309 e. The van der Waals surface area contributed by atoms with E-state index >= 15 is 0 Å². The molecule has 10 aromatic carbocycles. The molecule has 1 atom stereocenters. The molecule has 0 N–H and O–H groups in total. The van der Waals surface area contributed by atoms with Crippen LogP contribution < -0.4 is 0 Å². The summed E-state index contributed by atoms with van der Waals surface area (Å²) in [5.41, 5.74) is 20.7. The van der Waals surface area contributed by atoms with Gasteiger partial charge in [-0.25, -0.2) is 0 Å². The van der Waals surface area contributed by atoms with Gasteiger partial charge < -0.3 is 9.13 Å². The highest BCUT2D eigenvalue weighted by atomic mass is 15.0. The lowest BCUT2D eigenvalue weighted by atomic mass is 9.86. The van der Waals surface area contributed by atoms with Crippen LogP contribution in [0.5, 0.6) is 0 Å². The highest BCUT2D eigenvalue weighted by molar-refractivity contribution is 6.12. The van der Waals surface area contributed by atoms with Crippen LogP contribution in [0.2, 0.25) is 0 Å². The van der Waals surface area contributed by atoms with Crippen molar-refractivity contribution < 1.29 is 0 Å². The van der Waals surface area contributed by atoms with E-state index in [0.29, 0.717) is 5.92 Å². The molecule has 2 aromatic heterocycles. The average Bonchev–Trinajstić information content (AvgIpc) is 3.94. The second-order valence-electron chi connectivity index (χ2n) is 18.1. The van der Waals surface area contributed by atoms with Crippen molar-refractivity contribution in [2.24, 2.45) is 0 Å². The van der Waals surface area contributed by atoms with Crippen LogP contribution in [0.1, 0.15) is 23.5 Å². The summed E-state index contributed by atoms with van der Waals surface area (Å²) < 4.78 is 4.84. The van der Waals surface area contributed by atoms with Crippen molar-refractivity contribution in [3.63, 3.8) is 0 Å². The molecule has 12 aromatic rings. The van der Waals surface area contributed by atoms with E-state index in [-0.39, 0.29) is 0 Å². The Hall–Kier alpha value is -8.72. The molecule has 13 rings (SSSR count). The molecule has 0 saturated heterocycles. The zero-order valence-corrected chi connectivity index (χ0v) is 37.5. The Kier molecular flexibility index (Phi) is 9.68. The Balaban J connectivity index is 0.819. The molecule has 1 aliphatic rings. The van der Waals surface area contributed by atoms with E-state index in [1.807, 2.05) is 0 Å². The summed E-state index contributed by atoms with van der Waals surface area (Å²) in [6, 6.07) is 89.0. The van der Waals surface area contributed by atoms with Gasteiger partial charge in [0.1, 0.15) is 0 Å². The monoisotopic (exact) mass is 866 g/mol. The molecule has 320 valence electrons. The Morgan fingerprint density at radius 1 is 0.294 bits per heavy atom. The standard InChI is InChI=1S/C66H46N2/c1-3-14-45(15-4-1)50-18-11-20-52(40-50)53-21-12-19-51(41-53)49-30-28-47(29-31-49)48-32-36-57(37-33-48)67-63-26-9-7-24-59(63)61-38-34-56(44-66(61)67)55-35-39-65-62(43-55)60-25-8-10-27-64(60)68(65)58-23-13-22-54(42-58)46-16-5-2-6-17-46/h1-19,21-44,52H,20H2. The summed E-state index contributed by atoms with van der Waals surface area (Å²) >= 11 is 0. The first kappa shape index (κ1) is 39.6. The first-order valence-electron chi connectivity index (χ1n) is 23.7. The number of para-hydroxylation sites is 2. The Labute approximate surface area is 396 Å². The summed E-state index contributed by atoms with van der Waals surface area (Å²) in [5, 5.41) is 4.99. The fourth-order valence-corrected chi connectivity index (χ4v) is 10.7. The van der Waals surface area contributed by atoms with Gasteiger partial charge in [0.05, 0.1) is 22.1 Å². The smallest absolute Gasteiger partial charge is 0.0547 e. The molecule has 2 nitrogen and oxygen atoms in total. The van der Waals surface area contributed by atoms with Crippen LogP contribution in [0.15, 0.2) is 261 Å². The van der Waals surface area contributed by atoms with E-state index in [1.165, 1.54) is 105 Å². The van der Waals surface area contributed by atoms with Gasteiger partial charge in [-0.2, -0.15) is 0 Å². The van der Waals surface area contributed by atoms with Crippen LogP contribution in [0.3, 0.4) is 0 Å². The average molecular weight is 867 g/mol. The number of nitrogens with zero attached hydrogens (tertiary/aromatic N) is 2. The summed E-state index contributed by atoms with van der Waals surface area (Å²) in [4.78, 5) is 0. The highest BCUT2D eigenvalue weighted by Crippen LogP contribution is 2.40. The number of rotatable bonds is 8. The quantitative estimate of drug-likeness (QED) is 0.144. The van der Waals surface area contributed by atoms with Gasteiger partial charge in [0, 0.05) is 38.8 Å². The molecule has 0 radical (unpaired) electrons. The van der Waals surface area contributed by atoms with E-state index in [4.69, 9.17) is 0 Å². The Bertz CT molecular complexity index is 3900. The molecule has 0 aliphatic heterocycles. The van der Waals surface area contributed by atoms with Gasteiger partial charge in [0.2, 0.25) is 0 Å². The summed E-state index contributed by atoms with van der Waals surface area (Å²) in [6.07, 6.45) is 8.01. The van der Waals surface area contributed by atoms with Crippen molar-refractivity contribution in [3.8, 4) is 55.9 Å². The van der Waals surface area contributed by atoms with Crippen molar-refractivity contribution in [2.75, 3.05) is 0 Å². The summed E-state index contributed by atoms with van der Waals surface area (Å²) in [7, 11) is 0. The normalized spacial score (nSPS) is 13.7. The number of fused-ring (bicyclic) bond motifs is 6. The van der Waals surface area contributed by atoms with Crippen molar-refractivity contribution in [1.29, 1.82) is 0 Å². The van der Waals surface area contributed by atoms with Crippen molar-refractivity contribution >= 4 is 49.2 Å². The first-order valence-corrected chi connectivity index (χ1v) is 23.7. The van der Waals surface area contributed by atoms with E-state index in [2.05, 4.69) is 270 Å². The van der Waals surface area contributed by atoms with Crippen molar-refractivity contribution in [3.05, 3.63) is 272 Å². The highest BCUT2D eigenvalue weighted by Gasteiger charge is 2.18.